The van der Waals surface area contributed by atoms with Gasteiger partial charge in [-0.3, -0.25) is 0 Å². The van der Waals surface area contributed by atoms with Crippen LogP contribution in [0.1, 0.15) is 70.2 Å². The van der Waals surface area contributed by atoms with Gasteiger partial charge in [0.2, 0.25) is 0 Å². The van der Waals surface area contributed by atoms with Crippen LogP contribution in [0.15, 0.2) is 12.3 Å². The van der Waals surface area contributed by atoms with Crippen molar-refractivity contribution < 1.29 is 0 Å². The van der Waals surface area contributed by atoms with E-state index in [-0.39, 0.29) is 6.04 Å². The molecule has 0 spiro atoms. The van der Waals surface area contributed by atoms with Gasteiger partial charge in [0, 0.05) is 23.5 Å². The van der Waals surface area contributed by atoms with Crippen molar-refractivity contribution in [3.63, 3.8) is 0 Å². The molecule has 1 aromatic heterocycles. The molecule has 0 saturated heterocycles. The third kappa shape index (κ3) is 1.65. The van der Waals surface area contributed by atoms with Crippen LogP contribution in [-0.2, 0) is 12.0 Å². The van der Waals surface area contributed by atoms with Crippen LogP contribution >= 0.6 is 0 Å². The van der Waals surface area contributed by atoms with E-state index >= 15 is 0 Å². The zero-order chi connectivity index (χ0) is 13.0. The molecule has 1 saturated carbocycles. The van der Waals surface area contributed by atoms with E-state index in [0.717, 1.165) is 6.42 Å². The quantitative estimate of drug-likeness (QED) is 0.846. The van der Waals surface area contributed by atoms with E-state index < -0.39 is 0 Å². The van der Waals surface area contributed by atoms with E-state index in [0.29, 0.717) is 11.0 Å². The Morgan fingerprint density at radius 2 is 2.11 bits per heavy atom. The van der Waals surface area contributed by atoms with Crippen molar-refractivity contribution in [2.45, 2.75) is 70.9 Å². The molecule has 3 rings (SSSR count). The first kappa shape index (κ1) is 12.3. The topological polar surface area (TPSA) is 30.9 Å². The van der Waals surface area contributed by atoms with Gasteiger partial charge in [0.1, 0.15) is 0 Å². The molecule has 2 nitrogen and oxygen atoms in total. The Kier molecular flexibility index (Phi) is 2.64. The lowest BCUT2D eigenvalue weighted by molar-refractivity contribution is 0.126. The minimum absolute atomic E-state index is 0.235. The molecular weight excluding hydrogens is 220 g/mol. The minimum atomic E-state index is 0.235. The van der Waals surface area contributed by atoms with Crippen molar-refractivity contribution >= 4 is 0 Å². The zero-order valence-corrected chi connectivity index (χ0v) is 12.0. The number of aromatic nitrogens is 1. The largest absolute Gasteiger partial charge is 0.345 e. The molecular formula is C16H26N2. The molecule has 1 heterocycles. The summed E-state index contributed by atoms with van der Waals surface area (Å²) in [5.41, 5.74) is 10.1. The van der Waals surface area contributed by atoms with E-state index in [4.69, 9.17) is 5.73 Å². The first-order valence-corrected chi connectivity index (χ1v) is 7.44. The lowest BCUT2D eigenvalue weighted by atomic mass is 9.72. The van der Waals surface area contributed by atoms with Gasteiger partial charge in [-0.2, -0.15) is 0 Å². The van der Waals surface area contributed by atoms with E-state index in [1.165, 1.54) is 43.4 Å². The highest BCUT2D eigenvalue weighted by molar-refractivity contribution is 5.32. The molecule has 0 aromatic carbocycles. The van der Waals surface area contributed by atoms with Crippen LogP contribution in [0.25, 0.3) is 0 Å². The van der Waals surface area contributed by atoms with Crippen LogP contribution in [-0.4, -0.2) is 4.57 Å². The van der Waals surface area contributed by atoms with Crippen LogP contribution in [0, 0.1) is 5.41 Å². The molecule has 1 atom stereocenters. The Bertz CT molecular complexity index is 446. The molecule has 18 heavy (non-hydrogen) atoms. The molecule has 2 N–H and O–H groups in total. The summed E-state index contributed by atoms with van der Waals surface area (Å²) in [5, 5.41) is 0. The highest BCUT2D eigenvalue weighted by Gasteiger charge is 2.41. The number of nitrogens with two attached hydrogens (primary N) is 1. The molecule has 0 amide bonds. The van der Waals surface area contributed by atoms with Crippen molar-refractivity contribution in [3.8, 4) is 0 Å². The number of rotatable bonds is 2. The van der Waals surface area contributed by atoms with E-state index in [9.17, 15) is 0 Å². The second-order valence-electron chi connectivity index (χ2n) is 7.17. The first-order valence-electron chi connectivity index (χ1n) is 7.44. The second-order valence-corrected chi connectivity index (χ2v) is 7.17. The number of fused-ring (bicyclic) bond motifs is 1. The fraction of sp³-hybridized carbons (Fsp3) is 0.750. The molecule has 0 aliphatic heterocycles. The predicted octanol–water partition coefficient (Wildman–Crippen LogP) is 3.75. The summed E-state index contributed by atoms with van der Waals surface area (Å²) < 4.78 is 2.59. The van der Waals surface area contributed by atoms with Crippen LogP contribution < -0.4 is 5.73 Å². The van der Waals surface area contributed by atoms with Gasteiger partial charge in [0.05, 0.1) is 0 Å². The number of nitrogens with zero attached hydrogens (tertiary/aromatic N) is 1. The van der Waals surface area contributed by atoms with Crippen LogP contribution in [0.3, 0.4) is 0 Å². The standard InChI is InChI=1S/C16H26N2/c1-4-16(7-5-8-16)18-9-6-12-13(17)10-15(2,3)11-14(12)18/h6,9,13H,4-5,7-8,10-11,17H2,1-3H3. The Balaban J connectivity index is 2.04. The van der Waals surface area contributed by atoms with Gasteiger partial charge in [-0.1, -0.05) is 20.8 Å². The van der Waals surface area contributed by atoms with E-state index in [1.807, 2.05) is 0 Å². The molecule has 1 aromatic rings. The van der Waals surface area contributed by atoms with Crippen molar-refractivity contribution in [1.82, 2.24) is 4.57 Å². The van der Waals surface area contributed by atoms with Crippen molar-refractivity contribution in [1.29, 1.82) is 0 Å². The summed E-state index contributed by atoms with van der Waals surface area (Å²) in [6.07, 6.45) is 9.95. The summed E-state index contributed by atoms with van der Waals surface area (Å²) in [5.74, 6) is 0. The maximum Gasteiger partial charge on any atom is 0.0440 e. The Morgan fingerprint density at radius 3 is 2.67 bits per heavy atom. The molecule has 0 bridgehead atoms. The van der Waals surface area contributed by atoms with Gasteiger partial charge < -0.3 is 10.3 Å². The molecule has 100 valence electrons. The van der Waals surface area contributed by atoms with Crippen LogP contribution in [0.5, 0.6) is 0 Å². The lowest BCUT2D eigenvalue weighted by Crippen LogP contribution is -2.42. The van der Waals surface area contributed by atoms with Crippen molar-refractivity contribution in [3.05, 3.63) is 23.5 Å². The Hall–Kier alpha value is -0.760. The summed E-state index contributed by atoms with van der Waals surface area (Å²) in [6, 6.07) is 2.52. The number of hydrogen-bond donors (Lipinski definition) is 1. The molecule has 1 unspecified atom stereocenters. The fourth-order valence-electron chi connectivity index (χ4n) is 4.03. The molecule has 1 fully saturated rings. The third-order valence-corrected chi connectivity index (χ3v) is 5.30. The summed E-state index contributed by atoms with van der Waals surface area (Å²) in [7, 11) is 0. The van der Waals surface area contributed by atoms with Gasteiger partial charge in [-0.15, -0.1) is 0 Å². The van der Waals surface area contributed by atoms with Crippen LogP contribution in [0.4, 0.5) is 0 Å². The predicted molar refractivity (Wildman–Crippen MR) is 75.6 cm³/mol. The van der Waals surface area contributed by atoms with E-state index in [1.54, 1.807) is 0 Å². The smallest absolute Gasteiger partial charge is 0.0440 e. The molecule has 2 heteroatoms. The zero-order valence-electron chi connectivity index (χ0n) is 12.0. The molecule has 2 aliphatic rings. The normalized spacial score (nSPS) is 28.6. The van der Waals surface area contributed by atoms with Gasteiger partial charge in [0.25, 0.3) is 0 Å². The molecule has 0 radical (unpaired) electrons. The number of hydrogen-bond acceptors (Lipinski definition) is 1. The SMILES string of the molecule is CCC1(n2ccc3c2CC(C)(C)CC3N)CCC1. The summed E-state index contributed by atoms with van der Waals surface area (Å²) >= 11 is 0. The highest BCUT2D eigenvalue weighted by atomic mass is 15.1. The summed E-state index contributed by atoms with van der Waals surface area (Å²) in [6.45, 7) is 7.04. The second kappa shape index (κ2) is 3.86. The Morgan fingerprint density at radius 1 is 1.39 bits per heavy atom. The van der Waals surface area contributed by atoms with E-state index in [2.05, 4.69) is 37.6 Å². The maximum absolute atomic E-state index is 6.37. The maximum atomic E-state index is 6.37. The lowest BCUT2D eigenvalue weighted by Gasteiger charge is -2.46. The first-order chi connectivity index (χ1) is 8.47. The highest BCUT2D eigenvalue weighted by Crippen LogP contribution is 2.47. The summed E-state index contributed by atoms with van der Waals surface area (Å²) in [4.78, 5) is 0. The minimum Gasteiger partial charge on any atom is -0.345 e. The monoisotopic (exact) mass is 246 g/mol. The fourth-order valence-corrected chi connectivity index (χ4v) is 4.03. The van der Waals surface area contributed by atoms with Crippen LogP contribution in [0.2, 0.25) is 0 Å². The van der Waals surface area contributed by atoms with Gasteiger partial charge in [-0.25, -0.2) is 0 Å². The van der Waals surface area contributed by atoms with Crippen molar-refractivity contribution in [2.75, 3.05) is 0 Å². The average molecular weight is 246 g/mol. The molecule has 2 aliphatic carbocycles. The van der Waals surface area contributed by atoms with Gasteiger partial charge >= 0.3 is 0 Å². The average Bonchev–Trinajstić information content (AvgIpc) is 2.60. The van der Waals surface area contributed by atoms with Crippen molar-refractivity contribution in [2.24, 2.45) is 11.1 Å². The third-order valence-electron chi connectivity index (χ3n) is 5.30. The Labute approximate surface area is 111 Å². The van der Waals surface area contributed by atoms with Gasteiger partial charge in [0.15, 0.2) is 0 Å². The van der Waals surface area contributed by atoms with Gasteiger partial charge in [-0.05, 0) is 55.6 Å².